The molecule has 0 aliphatic rings. The number of fused-ring (bicyclic) bond motifs is 2. The van der Waals surface area contributed by atoms with E-state index in [1.54, 1.807) is 10.4 Å². The first-order chi connectivity index (χ1) is 16.8. The van der Waals surface area contributed by atoms with Crippen LogP contribution in [0.5, 0.6) is 0 Å². The van der Waals surface area contributed by atoms with Gasteiger partial charge in [-0.25, -0.2) is 0 Å². The molecule has 0 N–H and O–H groups in total. The Bertz CT molecular complexity index is 1220. The van der Waals surface area contributed by atoms with Crippen molar-refractivity contribution < 1.29 is 0 Å². The van der Waals surface area contributed by atoms with Crippen LogP contribution in [0.2, 0.25) is 33.2 Å². The Morgan fingerprint density at radius 3 is 1.25 bits per heavy atom. The molecule has 2 heteroatoms. The normalized spacial score (nSPS) is 13.4. The minimum atomic E-state index is -2.02. The topological polar surface area (TPSA) is 0 Å². The molecule has 0 atom stereocenters. The first-order valence-electron chi connectivity index (χ1n) is 14.3. The molecule has 194 valence electrons. The summed E-state index contributed by atoms with van der Waals surface area (Å²) in [6, 6.07) is 16.3. The molecular weight excluding hydrogens is 465 g/mol. The summed E-state index contributed by atoms with van der Waals surface area (Å²) in [6.45, 7) is 29.8. The van der Waals surface area contributed by atoms with Crippen molar-refractivity contribution >= 4 is 48.1 Å². The molecule has 0 heterocycles. The van der Waals surface area contributed by atoms with Gasteiger partial charge in [-0.1, -0.05) is 125 Å². The van der Waals surface area contributed by atoms with Gasteiger partial charge in [0.25, 0.3) is 0 Å². The lowest BCUT2D eigenvalue weighted by atomic mass is 9.99. The predicted octanol–water partition coefficient (Wildman–Crippen LogP) is 9.75. The first kappa shape index (κ1) is 28.7. The van der Waals surface area contributed by atoms with Crippen LogP contribution in [0, 0.1) is 12.3 Å². The molecular formula is C34H50Si2. The molecule has 3 aromatic carbocycles. The molecule has 0 unspecified atom stereocenters. The van der Waals surface area contributed by atoms with Crippen molar-refractivity contribution in [2.45, 2.75) is 116 Å². The van der Waals surface area contributed by atoms with E-state index in [-0.39, 0.29) is 0 Å². The first-order valence-corrected chi connectivity index (χ1v) is 18.7. The average molecular weight is 515 g/mol. The second kappa shape index (κ2) is 10.5. The minimum Gasteiger partial charge on any atom is -0.115 e. The van der Waals surface area contributed by atoms with Crippen molar-refractivity contribution in [3.05, 3.63) is 48.0 Å². The van der Waals surface area contributed by atoms with Crippen molar-refractivity contribution in [1.29, 1.82) is 0 Å². The van der Waals surface area contributed by atoms with E-state index in [2.05, 4.69) is 131 Å². The summed E-state index contributed by atoms with van der Waals surface area (Å²) in [5.41, 5.74) is 4.83. The molecule has 0 fully saturated rings. The highest BCUT2D eigenvalue weighted by molar-refractivity contribution is 7.01. The molecule has 0 radical (unpaired) electrons. The van der Waals surface area contributed by atoms with Crippen LogP contribution in [0.15, 0.2) is 42.5 Å². The van der Waals surface area contributed by atoms with E-state index < -0.39 is 16.1 Å². The Balaban J connectivity index is 2.86. The quantitative estimate of drug-likeness (QED) is 0.159. The van der Waals surface area contributed by atoms with Crippen LogP contribution in [0.3, 0.4) is 0 Å². The molecule has 0 aromatic heterocycles. The third kappa shape index (κ3) is 3.93. The largest absolute Gasteiger partial charge is 0.115 e. The second-order valence-corrected chi connectivity index (χ2v) is 24.6. The highest BCUT2D eigenvalue weighted by Crippen LogP contribution is 2.47. The fourth-order valence-corrected chi connectivity index (χ4v) is 23.2. The van der Waals surface area contributed by atoms with Crippen molar-refractivity contribution in [1.82, 2.24) is 0 Å². The van der Waals surface area contributed by atoms with E-state index in [0.717, 1.165) is 5.56 Å². The monoisotopic (exact) mass is 514 g/mol. The summed E-state index contributed by atoms with van der Waals surface area (Å²) in [6.07, 6.45) is 6.32. The van der Waals surface area contributed by atoms with Crippen LogP contribution in [0.4, 0.5) is 0 Å². The van der Waals surface area contributed by atoms with Gasteiger partial charge in [0.1, 0.15) is 0 Å². The van der Waals surface area contributed by atoms with Crippen molar-refractivity contribution in [3.8, 4) is 12.3 Å². The van der Waals surface area contributed by atoms with Gasteiger partial charge in [-0.2, -0.15) is 0 Å². The standard InChI is InChI=1S/C34H50Si2/c1-14-28-18-17-21-31-32(28)34(36(25(8)9,26(10)11)27(12)13)30-20-16-15-19-29(30)33(31)35(22(2)3,23(4)5)24(6)7/h1,15-27H,2-13H3. The van der Waals surface area contributed by atoms with Gasteiger partial charge < -0.3 is 0 Å². The van der Waals surface area contributed by atoms with Gasteiger partial charge in [0.2, 0.25) is 0 Å². The summed E-state index contributed by atoms with van der Waals surface area (Å²) < 4.78 is 0. The average Bonchev–Trinajstić information content (AvgIpc) is 2.79. The third-order valence-corrected chi connectivity index (χ3v) is 24.1. The highest BCUT2D eigenvalue weighted by atomic mass is 28.3. The van der Waals surface area contributed by atoms with E-state index >= 15 is 0 Å². The summed E-state index contributed by atoms with van der Waals surface area (Å²) >= 11 is 0. The molecule has 0 aliphatic heterocycles. The number of hydrogen-bond donors (Lipinski definition) is 0. The van der Waals surface area contributed by atoms with Crippen LogP contribution in [-0.2, 0) is 0 Å². The van der Waals surface area contributed by atoms with Crippen LogP contribution in [0.1, 0.15) is 88.6 Å². The minimum absolute atomic E-state index is 0.614. The number of rotatable bonds is 8. The fourth-order valence-electron chi connectivity index (χ4n) is 9.00. The molecule has 3 aromatic rings. The van der Waals surface area contributed by atoms with E-state index in [4.69, 9.17) is 6.42 Å². The predicted molar refractivity (Wildman–Crippen MR) is 171 cm³/mol. The molecule has 0 saturated carbocycles. The van der Waals surface area contributed by atoms with Crippen molar-refractivity contribution in [3.63, 3.8) is 0 Å². The number of benzene rings is 3. The Kier molecular flexibility index (Phi) is 8.39. The van der Waals surface area contributed by atoms with Crippen LogP contribution < -0.4 is 10.4 Å². The number of terminal acetylenes is 1. The van der Waals surface area contributed by atoms with Crippen LogP contribution in [0.25, 0.3) is 21.5 Å². The van der Waals surface area contributed by atoms with Crippen LogP contribution in [-0.4, -0.2) is 16.1 Å². The lowest BCUT2D eigenvalue weighted by Gasteiger charge is -2.48. The molecule has 0 amide bonds. The SMILES string of the molecule is C#Cc1cccc2c([Si](C(C)C)(C(C)C)C(C)C)c3ccccc3c([Si](C(C)C)(C(C)C)C(C)C)c12. The maximum absolute atomic E-state index is 6.32. The zero-order valence-corrected chi connectivity index (χ0v) is 27.1. The van der Waals surface area contributed by atoms with E-state index in [9.17, 15) is 0 Å². The Morgan fingerprint density at radius 1 is 0.500 bits per heavy atom. The van der Waals surface area contributed by atoms with Gasteiger partial charge >= 0.3 is 0 Å². The second-order valence-electron chi connectivity index (χ2n) is 13.0. The Morgan fingerprint density at radius 2 is 0.861 bits per heavy atom. The summed E-state index contributed by atoms with van der Waals surface area (Å²) in [7, 11) is -4.01. The molecule has 0 spiro atoms. The molecule has 0 saturated heterocycles. The molecule has 0 nitrogen and oxygen atoms in total. The van der Waals surface area contributed by atoms with E-state index in [1.807, 2.05) is 0 Å². The number of hydrogen-bond acceptors (Lipinski definition) is 0. The van der Waals surface area contributed by atoms with E-state index in [0.29, 0.717) is 33.2 Å². The third-order valence-electron chi connectivity index (χ3n) is 9.80. The molecule has 0 bridgehead atoms. The maximum atomic E-state index is 6.32. The van der Waals surface area contributed by atoms with Gasteiger partial charge in [0, 0.05) is 5.56 Å². The van der Waals surface area contributed by atoms with Crippen molar-refractivity contribution in [2.75, 3.05) is 0 Å². The van der Waals surface area contributed by atoms with Crippen LogP contribution >= 0.6 is 0 Å². The Labute approximate surface area is 224 Å². The zero-order chi connectivity index (χ0) is 27.2. The summed E-state index contributed by atoms with van der Waals surface area (Å²) in [4.78, 5) is 0. The Hall–Kier alpha value is -1.83. The maximum Gasteiger partial charge on any atom is 0.0959 e. The smallest absolute Gasteiger partial charge is 0.0959 e. The molecule has 0 aliphatic carbocycles. The fraction of sp³-hybridized carbons (Fsp3) is 0.529. The van der Waals surface area contributed by atoms with Gasteiger partial charge in [0.05, 0.1) is 16.1 Å². The lowest BCUT2D eigenvalue weighted by Crippen LogP contribution is -2.59. The van der Waals surface area contributed by atoms with E-state index in [1.165, 1.54) is 21.5 Å². The summed E-state index contributed by atoms with van der Waals surface area (Å²) in [5, 5.41) is 9.16. The van der Waals surface area contributed by atoms with Crippen molar-refractivity contribution in [2.24, 2.45) is 0 Å². The summed E-state index contributed by atoms with van der Waals surface area (Å²) in [5.74, 6) is 3.17. The van der Waals surface area contributed by atoms with Gasteiger partial charge in [-0.3, -0.25) is 0 Å². The van der Waals surface area contributed by atoms with Gasteiger partial charge in [-0.05, 0) is 71.2 Å². The molecule has 3 rings (SSSR count). The lowest BCUT2D eigenvalue weighted by molar-refractivity contribution is 0.835. The van der Waals surface area contributed by atoms with Gasteiger partial charge in [-0.15, -0.1) is 6.42 Å². The highest BCUT2D eigenvalue weighted by Gasteiger charge is 2.50. The molecule has 36 heavy (non-hydrogen) atoms. The zero-order valence-electron chi connectivity index (χ0n) is 25.1. The van der Waals surface area contributed by atoms with Gasteiger partial charge in [0.15, 0.2) is 0 Å².